The van der Waals surface area contributed by atoms with Crippen molar-refractivity contribution in [1.82, 2.24) is 9.97 Å². The van der Waals surface area contributed by atoms with Crippen LogP contribution in [-0.2, 0) is 0 Å². The van der Waals surface area contributed by atoms with Gasteiger partial charge in [0, 0.05) is 21.7 Å². The van der Waals surface area contributed by atoms with Crippen molar-refractivity contribution in [1.29, 1.82) is 0 Å². The molecule has 0 aliphatic rings. The molecule has 2 amide bonds. The lowest BCUT2D eigenvalue weighted by Crippen LogP contribution is -2.14. The molecule has 4 aromatic rings. The fourth-order valence-electron chi connectivity index (χ4n) is 3.56. The molecule has 0 fully saturated rings. The highest BCUT2D eigenvalue weighted by Gasteiger charge is 2.14. The second kappa shape index (κ2) is 9.26. The first-order valence-corrected chi connectivity index (χ1v) is 10.7. The van der Waals surface area contributed by atoms with Gasteiger partial charge in [0.25, 0.3) is 11.8 Å². The van der Waals surface area contributed by atoms with Gasteiger partial charge in [0.05, 0.1) is 17.1 Å². The molecule has 0 bridgehead atoms. The van der Waals surface area contributed by atoms with E-state index in [0.29, 0.717) is 38.6 Å². The number of anilines is 2. The Kier molecular flexibility index (Phi) is 6.24. The fraction of sp³-hybridized carbons (Fsp3) is 0.120. The van der Waals surface area contributed by atoms with Gasteiger partial charge in [-0.15, -0.1) is 0 Å². The molecule has 4 N–H and O–H groups in total. The third-order valence-electron chi connectivity index (χ3n) is 5.35. The number of rotatable bonds is 6. The molecule has 4 rings (SSSR count). The number of hydrogen-bond donors (Lipinski definition) is 3. The fourth-order valence-corrected chi connectivity index (χ4v) is 3.68. The summed E-state index contributed by atoms with van der Waals surface area (Å²) in [6.07, 6.45) is 1.40. The molecular weight excluding hydrogens is 438 g/mol. The number of benzene rings is 3. The molecule has 0 spiro atoms. The number of fused-ring (bicyclic) bond motifs is 1. The van der Waals surface area contributed by atoms with Crippen molar-refractivity contribution >= 4 is 45.8 Å². The largest absolute Gasteiger partial charge is 0.366 e. The van der Waals surface area contributed by atoms with Crippen LogP contribution in [0.15, 0.2) is 67.0 Å². The topological polar surface area (TPSA) is 110 Å². The van der Waals surface area contributed by atoms with Crippen molar-refractivity contribution in [2.24, 2.45) is 5.73 Å². The van der Waals surface area contributed by atoms with Gasteiger partial charge in [-0.3, -0.25) is 9.59 Å². The third-order valence-corrected chi connectivity index (χ3v) is 5.77. The number of carbonyl (C=O) groups excluding carboxylic acids is 2. The van der Waals surface area contributed by atoms with Gasteiger partial charge in [0.2, 0.25) is 0 Å². The molecule has 0 saturated carbocycles. The lowest BCUT2D eigenvalue weighted by atomic mass is 10.1. The molecule has 3 aromatic carbocycles. The Labute approximate surface area is 196 Å². The number of hydrogen-bond acceptors (Lipinski definition) is 5. The number of primary amides is 1. The molecular formula is C25H22ClN5O2. The van der Waals surface area contributed by atoms with Crippen LogP contribution < -0.4 is 16.4 Å². The minimum absolute atomic E-state index is 0.144. The van der Waals surface area contributed by atoms with Crippen molar-refractivity contribution in [3.05, 3.63) is 94.3 Å². The van der Waals surface area contributed by atoms with Crippen LogP contribution in [0.25, 0.3) is 10.9 Å². The van der Waals surface area contributed by atoms with Crippen LogP contribution in [0.2, 0.25) is 5.02 Å². The van der Waals surface area contributed by atoms with E-state index in [0.717, 1.165) is 11.1 Å². The van der Waals surface area contributed by atoms with Gasteiger partial charge >= 0.3 is 0 Å². The van der Waals surface area contributed by atoms with E-state index in [-0.39, 0.29) is 11.9 Å². The lowest BCUT2D eigenvalue weighted by Gasteiger charge is -2.17. The maximum absolute atomic E-state index is 12.7. The Hall–Kier alpha value is -3.97. The number of aromatic nitrogens is 2. The van der Waals surface area contributed by atoms with E-state index in [2.05, 4.69) is 20.6 Å². The maximum Gasteiger partial charge on any atom is 0.255 e. The van der Waals surface area contributed by atoms with E-state index in [1.54, 1.807) is 30.3 Å². The number of para-hydroxylation sites is 1. The number of halogens is 1. The van der Waals surface area contributed by atoms with Crippen molar-refractivity contribution < 1.29 is 9.59 Å². The highest BCUT2D eigenvalue weighted by molar-refractivity contribution is 6.31. The summed E-state index contributed by atoms with van der Waals surface area (Å²) in [5.41, 5.74) is 9.30. The zero-order chi connectivity index (χ0) is 23.5. The summed E-state index contributed by atoms with van der Waals surface area (Å²) in [6, 6.07) is 17.8. The van der Waals surface area contributed by atoms with Gasteiger partial charge in [-0.25, -0.2) is 9.97 Å². The van der Waals surface area contributed by atoms with Gasteiger partial charge in [-0.2, -0.15) is 0 Å². The standard InChI is InChI=1S/C25H22ClN5O2/c1-14-11-17(9-10-21(14)26)25(33)31-18-6-3-5-16(12-18)15(2)30-24-20-8-4-7-19(23(27)32)22(20)28-13-29-24/h3-13,15H,1-2H3,(H2,27,32)(H,31,33)(H,28,29,30)/t15-/m1/s1. The third kappa shape index (κ3) is 4.78. The van der Waals surface area contributed by atoms with Crippen LogP contribution >= 0.6 is 11.6 Å². The van der Waals surface area contributed by atoms with E-state index < -0.39 is 5.91 Å². The van der Waals surface area contributed by atoms with Gasteiger partial charge < -0.3 is 16.4 Å². The van der Waals surface area contributed by atoms with Crippen LogP contribution in [-0.4, -0.2) is 21.8 Å². The summed E-state index contributed by atoms with van der Waals surface area (Å²) in [7, 11) is 0. The first kappa shape index (κ1) is 22.2. The van der Waals surface area contributed by atoms with Crippen LogP contribution in [0.5, 0.6) is 0 Å². The summed E-state index contributed by atoms with van der Waals surface area (Å²) < 4.78 is 0. The highest BCUT2D eigenvalue weighted by Crippen LogP contribution is 2.27. The molecule has 166 valence electrons. The van der Waals surface area contributed by atoms with E-state index in [1.165, 1.54) is 6.33 Å². The Morgan fingerprint density at radius 3 is 2.58 bits per heavy atom. The van der Waals surface area contributed by atoms with Gasteiger partial charge in [0.15, 0.2) is 0 Å². The molecule has 1 atom stereocenters. The summed E-state index contributed by atoms with van der Waals surface area (Å²) >= 11 is 6.06. The van der Waals surface area contributed by atoms with Crippen LogP contribution in [0, 0.1) is 6.92 Å². The molecule has 0 saturated heterocycles. The smallest absolute Gasteiger partial charge is 0.255 e. The van der Waals surface area contributed by atoms with Gasteiger partial charge in [-0.1, -0.05) is 29.8 Å². The molecule has 8 heteroatoms. The average molecular weight is 460 g/mol. The number of nitrogens with zero attached hydrogens (tertiary/aromatic N) is 2. The van der Waals surface area contributed by atoms with Crippen LogP contribution in [0.4, 0.5) is 11.5 Å². The monoisotopic (exact) mass is 459 g/mol. The number of amides is 2. The average Bonchev–Trinajstić information content (AvgIpc) is 2.80. The van der Waals surface area contributed by atoms with Gasteiger partial charge in [0.1, 0.15) is 12.1 Å². The minimum atomic E-state index is -0.544. The number of carbonyl (C=O) groups is 2. The molecule has 0 unspecified atom stereocenters. The molecule has 7 nitrogen and oxygen atoms in total. The van der Waals surface area contributed by atoms with E-state index in [9.17, 15) is 9.59 Å². The minimum Gasteiger partial charge on any atom is -0.366 e. The predicted octanol–water partition coefficient (Wildman–Crippen LogP) is 5.12. The summed E-state index contributed by atoms with van der Waals surface area (Å²) in [4.78, 5) is 33.0. The Morgan fingerprint density at radius 1 is 1.03 bits per heavy atom. The second-order valence-corrected chi connectivity index (χ2v) is 8.11. The molecule has 1 heterocycles. The van der Waals surface area contributed by atoms with Crippen molar-refractivity contribution in [3.63, 3.8) is 0 Å². The highest BCUT2D eigenvalue weighted by atomic mass is 35.5. The maximum atomic E-state index is 12.7. The molecule has 0 aliphatic carbocycles. The van der Waals surface area contributed by atoms with Crippen LogP contribution in [0.1, 0.15) is 44.8 Å². The Bertz CT molecular complexity index is 1370. The molecule has 33 heavy (non-hydrogen) atoms. The lowest BCUT2D eigenvalue weighted by molar-refractivity contribution is 0.0999. The molecule has 1 aromatic heterocycles. The molecule has 0 radical (unpaired) electrons. The Morgan fingerprint density at radius 2 is 1.82 bits per heavy atom. The van der Waals surface area contributed by atoms with Crippen molar-refractivity contribution in [2.75, 3.05) is 10.6 Å². The number of nitrogens with two attached hydrogens (primary N) is 1. The number of nitrogens with one attached hydrogen (secondary N) is 2. The Balaban J connectivity index is 1.55. The van der Waals surface area contributed by atoms with Crippen molar-refractivity contribution in [2.45, 2.75) is 19.9 Å². The zero-order valence-electron chi connectivity index (χ0n) is 18.1. The van der Waals surface area contributed by atoms with E-state index in [4.69, 9.17) is 17.3 Å². The first-order chi connectivity index (χ1) is 15.8. The summed E-state index contributed by atoms with van der Waals surface area (Å²) in [5.74, 6) is -0.174. The normalized spacial score (nSPS) is 11.7. The predicted molar refractivity (Wildman–Crippen MR) is 131 cm³/mol. The second-order valence-electron chi connectivity index (χ2n) is 7.70. The first-order valence-electron chi connectivity index (χ1n) is 10.3. The SMILES string of the molecule is Cc1cc(C(=O)Nc2cccc([C@@H](C)Nc3ncnc4c(C(N)=O)cccc34)c2)ccc1Cl. The van der Waals surface area contributed by atoms with E-state index in [1.807, 2.05) is 44.2 Å². The van der Waals surface area contributed by atoms with E-state index >= 15 is 0 Å². The molecule has 0 aliphatic heterocycles. The summed E-state index contributed by atoms with van der Waals surface area (Å²) in [5, 5.41) is 7.61. The van der Waals surface area contributed by atoms with Gasteiger partial charge in [-0.05, 0) is 67.4 Å². The quantitative estimate of drug-likeness (QED) is 0.371. The number of aryl methyl sites for hydroxylation is 1. The van der Waals surface area contributed by atoms with Crippen LogP contribution in [0.3, 0.4) is 0 Å². The zero-order valence-corrected chi connectivity index (χ0v) is 18.9. The van der Waals surface area contributed by atoms with Crippen molar-refractivity contribution in [3.8, 4) is 0 Å². The summed E-state index contributed by atoms with van der Waals surface area (Å²) in [6.45, 7) is 3.84.